The molecule has 6 heteroatoms. The predicted molar refractivity (Wildman–Crippen MR) is 104 cm³/mol. The summed E-state index contributed by atoms with van der Waals surface area (Å²) in [5, 5.41) is 12.3. The number of pyridine rings is 1. The zero-order valence-corrected chi connectivity index (χ0v) is 15.4. The van der Waals surface area contributed by atoms with E-state index in [4.69, 9.17) is 0 Å². The monoisotopic (exact) mass is 354 g/mol. The van der Waals surface area contributed by atoms with E-state index in [0.717, 1.165) is 36.3 Å². The van der Waals surface area contributed by atoms with Crippen molar-refractivity contribution in [1.82, 2.24) is 9.88 Å². The van der Waals surface area contributed by atoms with Crippen LogP contribution in [-0.4, -0.2) is 47.0 Å². The Morgan fingerprint density at radius 1 is 1.12 bits per heavy atom. The third kappa shape index (κ3) is 3.26. The number of nitro groups is 1. The van der Waals surface area contributed by atoms with Gasteiger partial charge in [-0.3, -0.25) is 10.1 Å². The summed E-state index contributed by atoms with van der Waals surface area (Å²) >= 11 is 0. The first-order valence-electron chi connectivity index (χ1n) is 9.67. The minimum atomic E-state index is -0.329. The Kier molecular flexibility index (Phi) is 4.76. The SMILES string of the molecule is Cc1cc(N2CCCC(N3CCCC3)CC2)c2cccc([N+](=O)[O-])c2n1. The van der Waals surface area contributed by atoms with E-state index in [-0.39, 0.29) is 10.6 Å². The summed E-state index contributed by atoms with van der Waals surface area (Å²) in [7, 11) is 0. The highest BCUT2D eigenvalue weighted by molar-refractivity contribution is 5.97. The molecule has 0 radical (unpaired) electrons. The van der Waals surface area contributed by atoms with Gasteiger partial charge in [-0.05, 0) is 58.2 Å². The second kappa shape index (κ2) is 7.19. The van der Waals surface area contributed by atoms with Gasteiger partial charge in [0.1, 0.15) is 0 Å². The number of rotatable bonds is 3. The van der Waals surface area contributed by atoms with Crippen molar-refractivity contribution in [2.24, 2.45) is 0 Å². The average molecular weight is 354 g/mol. The summed E-state index contributed by atoms with van der Waals surface area (Å²) < 4.78 is 0. The summed E-state index contributed by atoms with van der Waals surface area (Å²) in [4.78, 5) is 20.6. The molecule has 0 aliphatic carbocycles. The Labute approximate surface area is 154 Å². The lowest BCUT2D eigenvalue weighted by Gasteiger charge is -2.27. The van der Waals surface area contributed by atoms with E-state index in [1.807, 2.05) is 13.0 Å². The Hall–Kier alpha value is -2.21. The van der Waals surface area contributed by atoms with E-state index in [9.17, 15) is 10.1 Å². The number of fused-ring (bicyclic) bond motifs is 1. The molecule has 0 bridgehead atoms. The molecule has 1 aromatic heterocycles. The first-order valence-corrected chi connectivity index (χ1v) is 9.67. The second-order valence-corrected chi connectivity index (χ2v) is 7.53. The van der Waals surface area contributed by atoms with Crippen molar-refractivity contribution in [3.8, 4) is 0 Å². The molecule has 2 fully saturated rings. The van der Waals surface area contributed by atoms with Gasteiger partial charge < -0.3 is 9.80 Å². The molecule has 2 saturated heterocycles. The van der Waals surface area contributed by atoms with Crippen LogP contribution < -0.4 is 4.90 Å². The maximum absolute atomic E-state index is 11.4. The molecule has 0 N–H and O–H groups in total. The minimum Gasteiger partial charge on any atom is -0.371 e. The zero-order valence-electron chi connectivity index (χ0n) is 15.4. The number of benzene rings is 1. The fourth-order valence-electron chi connectivity index (χ4n) is 4.54. The molecule has 2 aliphatic rings. The van der Waals surface area contributed by atoms with Crippen LogP contribution in [0.25, 0.3) is 10.9 Å². The van der Waals surface area contributed by atoms with Crippen LogP contribution in [0.15, 0.2) is 24.3 Å². The standard InChI is InChI=1S/C20H26N4O2/c1-15-14-19(17-7-4-8-18(24(25)26)20(17)21-15)23-12-5-6-16(9-13-23)22-10-2-3-11-22/h4,7-8,14,16H,2-3,5-6,9-13H2,1H3. The third-order valence-corrected chi connectivity index (χ3v) is 5.82. The predicted octanol–water partition coefficient (Wildman–Crippen LogP) is 3.91. The molecule has 3 heterocycles. The van der Waals surface area contributed by atoms with Crippen molar-refractivity contribution in [2.45, 2.75) is 45.1 Å². The molecular formula is C20H26N4O2. The largest absolute Gasteiger partial charge is 0.371 e. The molecule has 4 rings (SSSR count). The van der Waals surface area contributed by atoms with Gasteiger partial charge in [-0.15, -0.1) is 0 Å². The minimum absolute atomic E-state index is 0.0946. The Balaban J connectivity index is 1.65. The van der Waals surface area contributed by atoms with E-state index in [1.165, 1.54) is 38.8 Å². The summed E-state index contributed by atoms with van der Waals surface area (Å²) in [6, 6.07) is 8.05. The van der Waals surface area contributed by atoms with Gasteiger partial charge in [-0.2, -0.15) is 0 Å². The highest BCUT2D eigenvalue weighted by atomic mass is 16.6. The molecule has 0 spiro atoms. The van der Waals surface area contributed by atoms with Gasteiger partial charge in [0, 0.05) is 42.0 Å². The van der Waals surface area contributed by atoms with Crippen molar-refractivity contribution in [3.05, 3.63) is 40.1 Å². The second-order valence-electron chi connectivity index (χ2n) is 7.53. The fourth-order valence-corrected chi connectivity index (χ4v) is 4.54. The van der Waals surface area contributed by atoms with Crippen LogP contribution in [-0.2, 0) is 0 Å². The van der Waals surface area contributed by atoms with Gasteiger partial charge in [0.25, 0.3) is 5.69 Å². The molecule has 2 aliphatic heterocycles. The van der Waals surface area contributed by atoms with Crippen LogP contribution >= 0.6 is 0 Å². The topological polar surface area (TPSA) is 62.5 Å². The smallest absolute Gasteiger partial charge is 0.295 e. The first kappa shape index (κ1) is 17.2. The van der Waals surface area contributed by atoms with Gasteiger partial charge in [-0.1, -0.05) is 12.1 Å². The van der Waals surface area contributed by atoms with E-state index >= 15 is 0 Å². The normalized spacial score (nSPS) is 21.9. The number of non-ortho nitro benzene ring substituents is 1. The number of likely N-dealkylation sites (tertiary alicyclic amines) is 1. The quantitative estimate of drug-likeness (QED) is 0.618. The van der Waals surface area contributed by atoms with Crippen LogP contribution in [0.5, 0.6) is 0 Å². The molecule has 6 nitrogen and oxygen atoms in total. The number of hydrogen-bond donors (Lipinski definition) is 0. The maximum atomic E-state index is 11.4. The molecule has 0 saturated carbocycles. The average Bonchev–Trinajstić information content (AvgIpc) is 3.05. The lowest BCUT2D eigenvalue weighted by Crippen LogP contribution is -2.33. The molecule has 0 amide bonds. The molecule has 138 valence electrons. The Bertz CT molecular complexity index is 817. The summed E-state index contributed by atoms with van der Waals surface area (Å²) in [5.41, 5.74) is 2.53. The number of aryl methyl sites for hydroxylation is 1. The van der Waals surface area contributed by atoms with E-state index in [2.05, 4.69) is 20.9 Å². The summed E-state index contributed by atoms with van der Waals surface area (Å²) in [5.74, 6) is 0. The fraction of sp³-hybridized carbons (Fsp3) is 0.550. The van der Waals surface area contributed by atoms with Crippen LogP contribution in [0.3, 0.4) is 0 Å². The molecular weight excluding hydrogens is 328 g/mol. The number of anilines is 1. The van der Waals surface area contributed by atoms with E-state index in [1.54, 1.807) is 12.1 Å². The van der Waals surface area contributed by atoms with Crippen molar-refractivity contribution < 1.29 is 4.92 Å². The lowest BCUT2D eigenvalue weighted by molar-refractivity contribution is -0.383. The number of para-hydroxylation sites is 1. The number of nitro benzene ring substituents is 1. The molecule has 2 aromatic rings. The van der Waals surface area contributed by atoms with Gasteiger partial charge in [0.15, 0.2) is 5.52 Å². The van der Waals surface area contributed by atoms with Gasteiger partial charge >= 0.3 is 0 Å². The van der Waals surface area contributed by atoms with Gasteiger partial charge in [0.2, 0.25) is 0 Å². The van der Waals surface area contributed by atoms with Crippen molar-refractivity contribution in [1.29, 1.82) is 0 Å². The highest BCUT2D eigenvalue weighted by Crippen LogP contribution is 2.33. The van der Waals surface area contributed by atoms with Crippen molar-refractivity contribution in [3.63, 3.8) is 0 Å². The van der Waals surface area contributed by atoms with Gasteiger partial charge in [0.05, 0.1) is 4.92 Å². The third-order valence-electron chi connectivity index (χ3n) is 5.82. The molecule has 26 heavy (non-hydrogen) atoms. The molecule has 1 aromatic carbocycles. The van der Waals surface area contributed by atoms with Crippen LogP contribution in [0.2, 0.25) is 0 Å². The first-order chi connectivity index (χ1) is 12.6. The zero-order chi connectivity index (χ0) is 18.1. The van der Waals surface area contributed by atoms with E-state index in [0.29, 0.717) is 11.6 Å². The summed E-state index contributed by atoms with van der Waals surface area (Å²) in [6.07, 6.45) is 6.24. The number of hydrogen-bond acceptors (Lipinski definition) is 5. The van der Waals surface area contributed by atoms with Crippen molar-refractivity contribution in [2.75, 3.05) is 31.1 Å². The number of aromatic nitrogens is 1. The number of nitrogens with zero attached hydrogens (tertiary/aromatic N) is 4. The highest BCUT2D eigenvalue weighted by Gasteiger charge is 2.26. The maximum Gasteiger partial charge on any atom is 0.295 e. The van der Waals surface area contributed by atoms with Gasteiger partial charge in [-0.25, -0.2) is 4.98 Å². The van der Waals surface area contributed by atoms with Crippen LogP contribution in [0.1, 0.15) is 37.8 Å². The van der Waals surface area contributed by atoms with E-state index < -0.39 is 0 Å². The summed E-state index contributed by atoms with van der Waals surface area (Å²) in [6.45, 7) is 6.42. The van der Waals surface area contributed by atoms with Crippen molar-refractivity contribution >= 4 is 22.3 Å². The van der Waals surface area contributed by atoms with Crippen LogP contribution in [0, 0.1) is 17.0 Å². The Morgan fingerprint density at radius 2 is 1.92 bits per heavy atom. The Morgan fingerprint density at radius 3 is 2.69 bits per heavy atom. The molecule has 1 atom stereocenters. The lowest BCUT2D eigenvalue weighted by atomic mass is 10.1. The van der Waals surface area contributed by atoms with Crippen LogP contribution in [0.4, 0.5) is 11.4 Å². The molecule has 1 unspecified atom stereocenters.